The number of hydrogen-bond acceptors (Lipinski definition) is 1. The zero-order valence-corrected chi connectivity index (χ0v) is 13.9. The Balaban J connectivity index is 1.72. The van der Waals surface area contributed by atoms with Crippen LogP contribution in [-0.4, -0.2) is 11.9 Å². The molecule has 2 unspecified atom stereocenters. The molecule has 1 aliphatic rings. The molecule has 5 heteroatoms. The Morgan fingerprint density at radius 3 is 2.41 bits per heavy atom. The Kier molecular flexibility index (Phi) is 4.62. The monoisotopic (exact) mass is 353 g/mol. The summed E-state index contributed by atoms with van der Waals surface area (Å²) < 4.78 is 0. The number of carbonyl (C=O) groups excluding carboxylic acids is 1. The van der Waals surface area contributed by atoms with E-state index in [-0.39, 0.29) is 17.9 Å². The molecule has 2 aromatic carbocycles. The van der Waals surface area contributed by atoms with Gasteiger partial charge in [-0.05, 0) is 48.7 Å². The van der Waals surface area contributed by atoms with Crippen molar-refractivity contribution in [3.05, 3.63) is 68.7 Å². The van der Waals surface area contributed by atoms with Crippen molar-refractivity contribution in [1.29, 1.82) is 0 Å². The molecule has 1 N–H and O–H groups in total. The summed E-state index contributed by atoms with van der Waals surface area (Å²) in [6.07, 6.45) is 1.94. The van der Waals surface area contributed by atoms with E-state index in [1.807, 2.05) is 12.1 Å². The molecule has 1 fully saturated rings. The highest BCUT2D eigenvalue weighted by atomic mass is 35.5. The standard InChI is InChI=1S/C17H14Cl3NO/c18-11-3-1-2-10(8-11)17(22)21-16-7-6-14(16)13-5-4-12(19)9-15(13)20/h1-5,8-9,14,16H,6-7H2,(H,21,22). The number of carbonyl (C=O) groups is 1. The Hall–Kier alpha value is -1.22. The van der Waals surface area contributed by atoms with Crippen molar-refractivity contribution in [2.45, 2.75) is 24.8 Å². The van der Waals surface area contributed by atoms with Gasteiger partial charge in [0, 0.05) is 32.6 Å². The molecule has 0 bridgehead atoms. The molecule has 0 radical (unpaired) electrons. The van der Waals surface area contributed by atoms with E-state index in [4.69, 9.17) is 34.8 Å². The summed E-state index contributed by atoms with van der Waals surface area (Å²) in [6.45, 7) is 0. The van der Waals surface area contributed by atoms with Gasteiger partial charge in [0.25, 0.3) is 5.91 Å². The molecule has 1 amide bonds. The molecule has 114 valence electrons. The SMILES string of the molecule is O=C(NC1CCC1c1ccc(Cl)cc1Cl)c1cccc(Cl)c1. The molecule has 0 aromatic heterocycles. The lowest BCUT2D eigenvalue weighted by atomic mass is 9.75. The van der Waals surface area contributed by atoms with Crippen LogP contribution in [0.5, 0.6) is 0 Å². The van der Waals surface area contributed by atoms with Crippen molar-refractivity contribution in [1.82, 2.24) is 5.32 Å². The molecular weight excluding hydrogens is 341 g/mol. The summed E-state index contributed by atoms with van der Waals surface area (Å²) >= 11 is 18.1. The van der Waals surface area contributed by atoms with Crippen LogP contribution in [0.2, 0.25) is 15.1 Å². The molecule has 22 heavy (non-hydrogen) atoms. The maximum atomic E-state index is 12.3. The number of nitrogens with one attached hydrogen (secondary N) is 1. The van der Waals surface area contributed by atoms with E-state index >= 15 is 0 Å². The predicted molar refractivity (Wildman–Crippen MR) is 91.1 cm³/mol. The van der Waals surface area contributed by atoms with Crippen LogP contribution < -0.4 is 5.32 Å². The Morgan fingerprint density at radius 2 is 1.77 bits per heavy atom. The molecular formula is C17H14Cl3NO. The molecule has 2 aromatic rings. The van der Waals surface area contributed by atoms with Crippen LogP contribution in [0.25, 0.3) is 0 Å². The number of hydrogen-bond donors (Lipinski definition) is 1. The van der Waals surface area contributed by atoms with Gasteiger partial charge in [-0.15, -0.1) is 0 Å². The molecule has 1 saturated carbocycles. The summed E-state index contributed by atoms with van der Waals surface area (Å²) in [5.41, 5.74) is 1.61. The van der Waals surface area contributed by atoms with Crippen LogP contribution in [-0.2, 0) is 0 Å². The summed E-state index contributed by atoms with van der Waals surface area (Å²) in [5, 5.41) is 4.89. The zero-order valence-electron chi connectivity index (χ0n) is 11.7. The maximum Gasteiger partial charge on any atom is 0.251 e. The lowest BCUT2D eigenvalue weighted by Crippen LogP contribution is -2.45. The zero-order chi connectivity index (χ0) is 15.7. The van der Waals surface area contributed by atoms with Gasteiger partial charge in [0.1, 0.15) is 0 Å². The van der Waals surface area contributed by atoms with Crippen molar-refractivity contribution in [3.63, 3.8) is 0 Å². The normalized spacial score (nSPS) is 20.3. The minimum atomic E-state index is -0.109. The average molecular weight is 355 g/mol. The highest BCUT2D eigenvalue weighted by Gasteiger charge is 2.34. The van der Waals surface area contributed by atoms with E-state index in [0.717, 1.165) is 18.4 Å². The number of amides is 1. The molecule has 0 saturated heterocycles. The second-order valence-electron chi connectivity index (χ2n) is 5.44. The fourth-order valence-corrected chi connectivity index (χ4v) is 3.47. The lowest BCUT2D eigenvalue weighted by Gasteiger charge is -2.38. The average Bonchev–Trinajstić information content (AvgIpc) is 2.46. The van der Waals surface area contributed by atoms with E-state index < -0.39 is 0 Å². The van der Waals surface area contributed by atoms with Crippen molar-refractivity contribution in [2.24, 2.45) is 0 Å². The molecule has 1 aliphatic carbocycles. The fourth-order valence-electron chi connectivity index (χ4n) is 2.73. The summed E-state index contributed by atoms with van der Waals surface area (Å²) in [6, 6.07) is 12.5. The van der Waals surface area contributed by atoms with Gasteiger partial charge in [0.15, 0.2) is 0 Å². The minimum absolute atomic E-state index is 0.0881. The second-order valence-corrected chi connectivity index (χ2v) is 6.72. The smallest absolute Gasteiger partial charge is 0.251 e. The highest BCUT2D eigenvalue weighted by molar-refractivity contribution is 6.35. The minimum Gasteiger partial charge on any atom is -0.349 e. The van der Waals surface area contributed by atoms with Crippen LogP contribution in [0.3, 0.4) is 0 Å². The Bertz CT molecular complexity index is 717. The Labute approximate surface area is 144 Å². The van der Waals surface area contributed by atoms with Gasteiger partial charge in [0.2, 0.25) is 0 Å². The van der Waals surface area contributed by atoms with Gasteiger partial charge in [-0.1, -0.05) is 46.9 Å². The van der Waals surface area contributed by atoms with Crippen LogP contribution in [0.15, 0.2) is 42.5 Å². The number of rotatable bonds is 3. The van der Waals surface area contributed by atoms with Gasteiger partial charge in [-0.2, -0.15) is 0 Å². The first kappa shape index (κ1) is 15.7. The van der Waals surface area contributed by atoms with Gasteiger partial charge in [-0.3, -0.25) is 4.79 Å². The van der Waals surface area contributed by atoms with Gasteiger partial charge in [-0.25, -0.2) is 0 Å². The van der Waals surface area contributed by atoms with E-state index in [0.29, 0.717) is 20.6 Å². The number of halogens is 3. The quantitative estimate of drug-likeness (QED) is 0.793. The van der Waals surface area contributed by atoms with Crippen LogP contribution in [0.1, 0.15) is 34.7 Å². The summed E-state index contributed by atoms with van der Waals surface area (Å²) in [4.78, 5) is 12.3. The van der Waals surface area contributed by atoms with Crippen molar-refractivity contribution < 1.29 is 4.79 Å². The van der Waals surface area contributed by atoms with E-state index in [9.17, 15) is 4.79 Å². The van der Waals surface area contributed by atoms with Crippen molar-refractivity contribution in [2.75, 3.05) is 0 Å². The van der Waals surface area contributed by atoms with Crippen LogP contribution in [0.4, 0.5) is 0 Å². The summed E-state index contributed by atoms with van der Waals surface area (Å²) in [7, 11) is 0. The first-order valence-electron chi connectivity index (χ1n) is 7.06. The largest absolute Gasteiger partial charge is 0.349 e. The van der Waals surface area contributed by atoms with Crippen molar-refractivity contribution in [3.8, 4) is 0 Å². The predicted octanol–water partition coefficient (Wildman–Crippen LogP) is 5.32. The topological polar surface area (TPSA) is 29.1 Å². The Morgan fingerprint density at radius 1 is 1.00 bits per heavy atom. The third kappa shape index (κ3) is 3.24. The first-order chi connectivity index (χ1) is 10.5. The van der Waals surface area contributed by atoms with E-state index in [2.05, 4.69) is 5.32 Å². The molecule has 2 atom stereocenters. The van der Waals surface area contributed by atoms with Crippen LogP contribution in [0, 0.1) is 0 Å². The van der Waals surface area contributed by atoms with E-state index in [1.54, 1.807) is 30.3 Å². The van der Waals surface area contributed by atoms with Gasteiger partial charge >= 0.3 is 0 Å². The number of benzene rings is 2. The first-order valence-corrected chi connectivity index (χ1v) is 8.19. The van der Waals surface area contributed by atoms with Gasteiger partial charge < -0.3 is 5.32 Å². The fraction of sp³-hybridized carbons (Fsp3) is 0.235. The summed E-state index contributed by atoms with van der Waals surface area (Å²) in [5.74, 6) is 0.121. The maximum absolute atomic E-state index is 12.3. The molecule has 0 heterocycles. The van der Waals surface area contributed by atoms with Crippen molar-refractivity contribution >= 4 is 40.7 Å². The third-order valence-electron chi connectivity index (χ3n) is 4.04. The van der Waals surface area contributed by atoms with E-state index in [1.165, 1.54) is 0 Å². The van der Waals surface area contributed by atoms with Crippen LogP contribution >= 0.6 is 34.8 Å². The highest BCUT2D eigenvalue weighted by Crippen LogP contribution is 2.41. The van der Waals surface area contributed by atoms with Gasteiger partial charge in [0.05, 0.1) is 0 Å². The lowest BCUT2D eigenvalue weighted by molar-refractivity contribution is 0.0904. The molecule has 2 nitrogen and oxygen atoms in total. The molecule has 0 spiro atoms. The second kappa shape index (κ2) is 6.49. The molecule has 3 rings (SSSR count). The molecule has 0 aliphatic heterocycles. The third-order valence-corrected chi connectivity index (χ3v) is 4.84.